The number of carbonyl (C=O) groups excluding carboxylic acids is 3. The van der Waals surface area contributed by atoms with E-state index in [4.69, 9.17) is 9.15 Å². The van der Waals surface area contributed by atoms with E-state index in [0.717, 1.165) is 12.3 Å². The fraction of sp³-hybridized carbons (Fsp3) is 0.269. The minimum Gasteiger partial charge on any atom is -0.444 e. The Morgan fingerprint density at radius 2 is 1.93 bits per heavy atom. The van der Waals surface area contributed by atoms with Crippen LogP contribution in [0.3, 0.4) is 0 Å². The smallest absolute Gasteiger partial charge is 0.416 e. The van der Waals surface area contributed by atoms with Crippen molar-refractivity contribution in [1.29, 1.82) is 0 Å². The first-order valence-electron chi connectivity index (χ1n) is 12.0. The first-order chi connectivity index (χ1) is 19.2. The van der Waals surface area contributed by atoms with E-state index in [1.807, 2.05) is 0 Å². The Hall–Kier alpha value is -5.08. The predicted octanol–water partition coefficient (Wildman–Crippen LogP) is 4.90. The van der Waals surface area contributed by atoms with E-state index in [-0.39, 0.29) is 23.0 Å². The summed E-state index contributed by atoms with van der Waals surface area (Å²) in [5.41, 5.74) is 0.430. The number of carbonyl (C=O) groups is 3. The molecule has 0 radical (unpaired) electrons. The number of aldehydes is 1. The van der Waals surface area contributed by atoms with Crippen molar-refractivity contribution in [3.05, 3.63) is 60.5 Å². The van der Waals surface area contributed by atoms with Gasteiger partial charge in [-0.2, -0.15) is 18.3 Å². The van der Waals surface area contributed by atoms with E-state index in [1.54, 1.807) is 19.3 Å². The van der Waals surface area contributed by atoms with Crippen LogP contribution in [-0.2, 0) is 11.8 Å². The third-order valence-corrected chi connectivity index (χ3v) is 5.20. The molecule has 4 rings (SSSR count). The normalized spacial score (nSPS) is 11.7. The van der Waals surface area contributed by atoms with Gasteiger partial charge in [-0.05, 0) is 39.0 Å². The number of pyridine rings is 2. The van der Waals surface area contributed by atoms with Gasteiger partial charge in [0.2, 0.25) is 5.89 Å². The number of amides is 2. The zero-order valence-electron chi connectivity index (χ0n) is 22.3. The summed E-state index contributed by atoms with van der Waals surface area (Å²) < 4.78 is 51.8. The molecule has 41 heavy (non-hydrogen) atoms. The molecule has 0 aliphatic heterocycles. The van der Waals surface area contributed by atoms with E-state index < -0.39 is 30.3 Å². The van der Waals surface area contributed by atoms with Crippen molar-refractivity contribution in [2.45, 2.75) is 32.5 Å². The fourth-order valence-electron chi connectivity index (χ4n) is 3.58. The number of aryl methyl sites for hydroxylation is 1. The van der Waals surface area contributed by atoms with Gasteiger partial charge in [0, 0.05) is 48.5 Å². The molecule has 4 aromatic heterocycles. The Labute approximate surface area is 231 Å². The predicted molar refractivity (Wildman–Crippen MR) is 139 cm³/mol. The molecule has 0 aromatic carbocycles. The number of hydrogen-bond acceptors (Lipinski definition) is 9. The number of anilines is 2. The molecule has 0 fully saturated rings. The number of ether oxygens (including phenoxy) is 1. The molecule has 0 aliphatic carbocycles. The van der Waals surface area contributed by atoms with E-state index in [1.165, 1.54) is 50.1 Å². The molecule has 15 heteroatoms. The molecule has 12 nitrogen and oxygen atoms in total. The molecule has 0 aliphatic rings. The van der Waals surface area contributed by atoms with Crippen LogP contribution in [0, 0.1) is 0 Å². The van der Waals surface area contributed by atoms with Crippen LogP contribution in [0.5, 0.6) is 0 Å². The van der Waals surface area contributed by atoms with Gasteiger partial charge in [-0.15, -0.1) is 0 Å². The van der Waals surface area contributed by atoms with E-state index in [0.29, 0.717) is 33.7 Å². The third-order valence-electron chi connectivity index (χ3n) is 5.20. The second-order valence-electron chi connectivity index (χ2n) is 9.77. The summed E-state index contributed by atoms with van der Waals surface area (Å²) in [5.74, 6) is -1.14. The minimum absolute atomic E-state index is 0.107. The quantitative estimate of drug-likeness (QED) is 0.306. The van der Waals surface area contributed by atoms with Gasteiger partial charge < -0.3 is 14.5 Å². The molecular weight excluding hydrogens is 547 g/mol. The van der Waals surface area contributed by atoms with Crippen molar-refractivity contribution in [3.8, 4) is 22.7 Å². The van der Waals surface area contributed by atoms with Crippen LogP contribution in [0.1, 0.15) is 41.6 Å². The van der Waals surface area contributed by atoms with Gasteiger partial charge in [-0.1, -0.05) is 0 Å². The highest BCUT2D eigenvalue weighted by molar-refractivity contribution is 6.04. The van der Waals surface area contributed by atoms with E-state index in [9.17, 15) is 27.6 Å². The average Bonchev–Trinajstić information content (AvgIpc) is 3.53. The molecule has 0 saturated heterocycles. The molecule has 0 spiro atoms. The Bertz CT molecular complexity index is 1590. The summed E-state index contributed by atoms with van der Waals surface area (Å²) in [6.45, 7) is 2.92. The number of oxazole rings is 1. The standard InChI is InChI=1S/C26H24F3N7O5/c1-25(2,3)41-24(39)36(14-26(27,28)29)20-8-16(5-6-31-20)23-33-19(13-40-23)22(38)32-18-11-35(4)34-21(18)17-7-15(12-37)9-30-10-17/h5-13H,14H2,1-4H3,(H,32,38). The SMILES string of the molecule is Cn1cc(NC(=O)c2coc(-c3ccnc(N(CC(F)(F)F)C(=O)OC(C)(C)C)c3)n2)c(-c2cncc(C=O)c2)n1. The van der Waals surface area contributed by atoms with E-state index >= 15 is 0 Å². The monoisotopic (exact) mass is 571 g/mol. The Balaban J connectivity index is 1.58. The van der Waals surface area contributed by atoms with Crippen LogP contribution in [0.15, 0.2) is 53.7 Å². The van der Waals surface area contributed by atoms with Crippen LogP contribution >= 0.6 is 0 Å². The van der Waals surface area contributed by atoms with Crippen molar-refractivity contribution in [1.82, 2.24) is 24.7 Å². The Morgan fingerprint density at radius 3 is 2.61 bits per heavy atom. The lowest BCUT2D eigenvalue weighted by atomic mass is 10.1. The van der Waals surface area contributed by atoms with Crippen molar-refractivity contribution in [2.24, 2.45) is 7.05 Å². The topological polar surface area (TPSA) is 145 Å². The molecule has 4 aromatic rings. The number of halogens is 3. The highest BCUT2D eigenvalue weighted by Gasteiger charge is 2.36. The van der Waals surface area contributed by atoms with E-state index in [2.05, 4.69) is 25.4 Å². The van der Waals surface area contributed by atoms with Crippen LogP contribution in [0.2, 0.25) is 0 Å². The zero-order valence-corrected chi connectivity index (χ0v) is 22.3. The lowest BCUT2D eigenvalue weighted by molar-refractivity contribution is -0.119. The van der Waals surface area contributed by atoms with Gasteiger partial charge in [0.1, 0.15) is 29.9 Å². The lowest BCUT2D eigenvalue weighted by Gasteiger charge is -2.27. The molecule has 2 amide bonds. The Morgan fingerprint density at radius 1 is 1.17 bits per heavy atom. The summed E-state index contributed by atoms with van der Waals surface area (Å²) in [6, 6.07) is 4.12. The van der Waals surface area contributed by atoms with Crippen LogP contribution in [-0.4, -0.2) is 61.3 Å². The van der Waals surface area contributed by atoms with Crippen molar-refractivity contribution >= 4 is 29.8 Å². The molecule has 4 heterocycles. The van der Waals surface area contributed by atoms with Gasteiger partial charge in [0.25, 0.3) is 5.91 Å². The van der Waals surface area contributed by atoms with Gasteiger partial charge >= 0.3 is 12.3 Å². The maximum Gasteiger partial charge on any atom is 0.416 e. The van der Waals surface area contributed by atoms with Crippen LogP contribution < -0.4 is 10.2 Å². The van der Waals surface area contributed by atoms with Gasteiger partial charge in [0.15, 0.2) is 12.0 Å². The summed E-state index contributed by atoms with van der Waals surface area (Å²) in [5, 5.41) is 6.99. The van der Waals surface area contributed by atoms with Crippen molar-refractivity contribution in [3.63, 3.8) is 0 Å². The second kappa shape index (κ2) is 11.2. The second-order valence-corrected chi connectivity index (χ2v) is 9.77. The first kappa shape index (κ1) is 28.9. The largest absolute Gasteiger partial charge is 0.444 e. The maximum absolute atomic E-state index is 13.3. The highest BCUT2D eigenvalue weighted by atomic mass is 19.4. The highest BCUT2D eigenvalue weighted by Crippen LogP contribution is 2.29. The molecule has 0 unspecified atom stereocenters. The van der Waals surface area contributed by atoms with Crippen molar-refractivity contribution < 1.29 is 36.7 Å². The molecule has 214 valence electrons. The first-order valence-corrected chi connectivity index (χ1v) is 12.0. The van der Waals surface area contributed by atoms with Crippen LogP contribution in [0.25, 0.3) is 22.7 Å². The molecule has 0 saturated carbocycles. The summed E-state index contributed by atoms with van der Waals surface area (Å²) >= 11 is 0. The van der Waals surface area contributed by atoms with Crippen molar-refractivity contribution in [2.75, 3.05) is 16.8 Å². The van der Waals surface area contributed by atoms with Gasteiger partial charge in [-0.25, -0.2) is 14.8 Å². The van der Waals surface area contributed by atoms with Crippen LogP contribution in [0.4, 0.5) is 29.5 Å². The number of rotatable bonds is 7. The zero-order chi connectivity index (χ0) is 29.9. The number of hydrogen-bond donors (Lipinski definition) is 1. The summed E-state index contributed by atoms with van der Waals surface area (Å²) in [7, 11) is 1.64. The lowest BCUT2D eigenvalue weighted by Crippen LogP contribution is -2.42. The molecule has 1 N–H and O–H groups in total. The average molecular weight is 572 g/mol. The summed E-state index contributed by atoms with van der Waals surface area (Å²) in [6.07, 6.45) is 1.31. The minimum atomic E-state index is -4.74. The van der Waals surface area contributed by atoms with Gasteiger partial charge in [-0.3, -0.25) is 24.2 Å². The number of nitrogens with one attached hydrogen (secondary N) is 1. The Kier molecular flexibility index (Phi) is 7.89. The van der Waals surface area contributed by atoms with Gasteiger partial charge in [0.05, 0.1) is 5.69 Å². The molecular formula is C26H24F3N7O5. The number of aromatic nitrogens is 5. The number of nitrogens with zero attached hydrogens (tertiary/aromatic N) is 6. The third kappa shape index (κ3) is 7.32. The summed E-state index contributed by atoms with van der Waals surface area (Å²) in [4.78, 5) is 49.1. The maximum atomic E-state index is 13.3. The molecule has 0 bridgehead atoms. The number of alkyl halides is 3. The molecule has 0 atom stereocenters. The fourth-order valence-corrected chi connectivity index (χ4v) is 3.58.